The fourth-order valence-electron chi connectivity index (χ4n) is 1.18. The van der Waals surface area contributed by atoms with Gasteiger partial charge in [-0.05, 0) is 12.1 Å². The summed E-state index contributed by atoms with van der Waals surface area (Å²) in [5, 5.41) is 21.0. The van der Waals surface area contributed by atoms with Crippen LogP contribution in [0.3, 0.4) is 0 Å². The second-order valence-corrected chi connectivity index (χ2v) is 4.45. The summed E-state index contributed by atoms with van der Waals surface area (Å²) < 4.78 is 5.31. The molecular formula is C11H19NO3. The number of furan rings is 1. The smallest absolute Gasteiger partial charge is 0.129 e. The van der Waals surface area contributed by atoms with Gasteiger partial charge in [0.05, 0.1) is 6.54 Å². The second-order valence-electron chi connectivity index (χ2n) is 4.45. The van der Waals surface area contributed by atoms with Crippen LogP contribution in [0.2, 0.25) is 0 Å². The minimum atomic E-state index is -0.119. The molecule has 0 aromatic carbocycles. The normalized spacial score (nSPS) is 12.0. The standard InChI is InChI=1S/C11H19NO3/c1-11(2,8-14)7-12-5-9-3-4-10(6-13)15-9/h3-4,12-14H,5-8H2,1-2H3. The minimum absolute atomic E-state index is 0.0673. The Bertz CT molecular complexity index is 294. The SMILES string of the molecule is CC(C)(CO)CNCc1ccc(CO)o1. The van der Waals surface area contributed by atoms with Gasteiger partial charge in [0.1, 0.15) is 18.1 Å². The summed E-state index contributed by atoms with van der Waals surface area (Å²) in [6.45, 7) is 5.40. The van der Waals surface area contributed by atoms with Crippen molar-refractivity contribution in [3.63, 3.8) is 0 Å². The minimum Gasteiger partial charge on any atom is -0.462 e. The molecule has 0 amide bonds. The van der Waals surface area contributed by atoms with Gasteiger partial charge >= 0.3 is 0 Å². The molecule has 3 N–H and O–H groups in total. The maximum Gasteiger partial charge on any atom is 0.129 e. The van der Waals surface area contributed by atoms with E-state index < -0.39 is 0 Å². The zero-order valence-electron chi connectivity index (χ0n) is 9.29. The fraction of sp³-hybridized carbons (Fsp3) is 0.636. The van der Waals surface area contributed by atoms with Crippen LogP contribution in [0.5, 0.6) is 0 Å². The number of hydrogen-bond acceptors (Lipinski definition) is 4. The quantitative estimate of drug-likeness (QED) is 0.656. The molecule has 15 heavy (non-hydrogen) atoms. The molecule has 1 aromatic rings. The van der Waals surface area contributed by atoms with E-state index in [1.807, 2.05) is 19.9 Å². The third-order valence-corrected chi connectivity index (χ3v) is 2.20. The molecule has 0 atom stereocenters. The van der Waals surface area contributed by atoms with Crippen LogP contribution in [0, 0.1) is 5.41 Å². The number of hydrogen-bond donors (Lipinski definition) is 3. The highest BCUT2D eigenvalue weighted by molar-refractivity contribution is 5.06. The molecule has 4 heteroatoms. The molecule has 0 saturated carbocycles. The predicted molar refractivity (Wildman–Crippen MR) is 57.2 cm³/mol. The van der Waals surface area contributed by atoms with Crippen LogP contribution < -0.4 is 5.32 Å². The maximum absolute atomic E-state index is 9.04. The van der Waals surface area contributed by atoms with Crippen molar-refractivity contribution < 1.29 is 14.6 Å². The molecule has 0 bridgehead atoms. The van der Waals surface area contributed by atoms with Crippen LogP contribution in [0.4, 0.5) is 0 Å². The molecule has 86 valence electrons. The van der Waals surface area contributed by atoms with E-state index in [9.17, 15) is 0 Å². The van der Waals surface area contributed by atoms with Crippen LogP contribution in [-0.2, 0) is 13.2 Å². The lowest BCUT2D eigenvalue weighted by Crippen LogP contribution is -2.31. The van der Waals surface area contributed by atoms with E-state index in [1.54, 1.807) is 6.07 Å². The van der Waals surface area contributed by atoms with Crippen molar-refractivity contribution in [3.05, 3.63) is 23.7 Å². The fourth-order valence-corrected chi connectivity index (χ4v) is 1.18. The van der Waals surface area contributed by atoms with Crippen LogP contribution in [-0.4, -0.2) is 23.4 Å². The Morgan fingerprint density at radius 2 is 1.93 bits per heavy atom. The highest BCUT2D eigenvalue weighted by atomic mass is 16.4. The van der Waals surface area contributed by atoms with Gasteiger partial charge in [0.15, 0.2) is 0 Å². The van der Waals surface area contributed by atoms with Gasteiger partial charge in [-0.25, -0.2) is 0 Å². The zero-order valence-corrected chi connectivity index (χ0v) is 9.29. The number of nitrogens with one attached hydrogen (secondary N) is 1. The molecule has 0 aliphatic carbocycles. The second kappa shape index (κ2) is 5.30. The average molecular weight is 213 g/mol. The number of rotatable bonds is 6. The predicted octanol–water partition coefficient (Wildman–Crippen LogP) is 0.880. The van der Waals surface area contributed by atoms with Crippen molar-refractivity contribution in [1.29, 1.82) is 0 Å². The molecule has 0 saturated heterocycles. The summed E-state index contributed by atoms with van der Waals surface area (Å²) in [5.74, 6) is 1.38. The van der Waals surface area contributed by atoms with Crippen molar-refractivity contribution in [1.82, 2.24) is 5.32 Å². The lowest BCUT2D eigenvalue weighted by molar-refractivity contribution is 0.155. The molecule has 1 rings (SSSR count). The first-order chi connectivity index (χ1) is 7.07. The average Bonchev–Trinajstić information content (AvgIpc) is 2.66. The van der Waals surface area contributed by atoms with Gasteiger partial charge < -0.3 is 19.9 Å². The van der Waals surface area contributed by atoms with Gasteiger partial charge in [-0.2, -0.15) is 0 Å². The molecule has 0 aliphatic heterocycles. The Labute approximate surface area is 89.9 Å². The molecule has 1 heterocycles. The first kappa shape index (κ1) is 12.2. The Morgan fingerprint density at radius 1 is 1.27 bits per heavy atom. The van der Waals surface area contributed by atoms with E-state index in [2.05, 4.69) is 5.32 Å². The van der Waals surface area contributed by atoms with Gasteiger partial charge in [0.25, 0.3) is 0 Å². The summed E-state index contributed by atoms with van der Waals surface area (Å²) in [6.07, 6.45) is 0. The topological polar surface area (TPSA) is 65.6 Å². The van der Waals surface area contributed by atoms with E-state index in [0.29, 0.717) is 12.3 Å². The molecule has 4 nitrogen and oxygen atoms in total. The van der Waals surface area contributed by atoms with Crippen molar-refractivity contribution in [2.24, 2.45) is 5.41 Å². The lowest BCUT2D eigenvalue weighted by Gasteiger charge is -2.21. The summed E-state index contributed by atoms with van der Waals surface area (Å²) in [6, 6.07) is 3.60. The molecule has 0 aliphatic rings. The summed E-state index contributed by atoms with van der Waals surface area (Å²) >= 11 is 0. The Balaban J connectivity index is 2.31. The highest BCUT2D eigenvalue weighted by Gasteiger charge is 2.15. The van der Waals surface area contributed by atoms with E-state index in [4.69, 9.17) is 14.6 Å². The van der Waals surface area contributed by atoms with E-state index in [0.717, 1.165) is 12.3 Å². The Kier molecular flexibility index (Phi) is 4.32. The van der Waals surface area contributed by atoms with E-state index in [1.165, 1.54) is 0 Å². The monoisotopic (exact) mass is 213 g/mol. The lowest BCUT2D eigenvalue weighted by atomic mass is 9.95. The van der Waals surface area contributed by atoms with Crippen LogP contribution in [0.15, 0.2) is 16.5 Å². The molecular weight excluding hydrogens is 194 g/mol. The molecule has 0 spiro atoms. The van der Waals surface area contributed by atoms with Crippen LogP contribution in [0.25, 0.3) is 0 Å². The molecule has 0 unspecified atom stereocenters. The third kappa shape index (κ3) is 4.03. The van der Waals surface area contributed by atoms with Crippen molar-refractivity contribution >= 4 is 0 Å². The van der Waals surface area contributed by atoms with Crippen LogP contribution in [0.1, 0.15) is 25.4 Å². The highest BCUT2D eigenvalue weighted by Crippen LogP contribution is 2.12. The molecule has 0 fully saturated rings. The van der Waals surface area contributed by atoms with E-state index in [-0.39, 0.29) is 18.6 Å². The third-order valence-electron chi connectivity index (χ3n) is 2.20. The van der Waals surface area contributed by atoms with E-state index >= 15 is 0 Å². The maximum atomic E-state index is 9.04. The number of aliphatic hydroxyl groups excluding tert-OH is 2. The van der Waals surface area contributed by atoms with Crippen molar-refractivity contribution in [2.45, 2.75) is 27.0 Å². The Hall–Kier alpha value is -0.840. The summed E-state index contributed by atoms with van der Waals surface area (Å²) in [7, 11) is 0. The van der Waals surface area contributed by atoms with Crippen molar-refractivity contribution in [3.8, 4) is 0 Å². The summed E-state index contributed by atoms with van der Waals surface area (Å²) in [4.78, 5) is 0. The van der Waals surface area contributed by atoms with Gasteiger partial charge in [-0.15, -0.1) is 0 Å². The first-order valence-corrected chi connectivity index (χ1v) is 5.07. The molecule has 0 radical (unpaired) electrons. The number of aliphatic hydroxyl groups is 2. The molecule has 1 aromatic heterocycles. The summed E-state index contributed by atoms with van der Waals surface area (Å²) in [5.41, 5.74) is -0.119. The van der Waals surface area contributed by atoms with Gasteiger partial charge in [0, 0.05) is 18.6 Å². The zero-order chi connectivity index (χ0) is 11.3. The first-order valence-electron chi connectivity index (χ1n) is 5.07. The van der Waals surface area contributed by atoms with Gasteiger partial charge in [-0.1, -0.05) is 13.8 Å². The van der Waals surface area contributed by atoms with Gasteiger partial charge in [0.2, 0.25) is 0 Å². The van der Waals surface area contributed by atoms with Crippen LogP contribution >= 0.6 is 0 Å². The van der Waals surface area contributed by atoms with Gasteiger partial charge in [-0.3, -0.25) is 0 Å². The largest absolute Gasteiger partial charge is 0.462 e. The van der Waals surface area contributed by atoms with Crippen molar-refractivity contribution in [2.75, 3.05) is 13.2 Å². The Morgan fingerprint density at radius 3 is 2.47 bits per heavy atom.